The quantitative estimate of drug-likeness (QED) is 0.543. The Kier molecular flexibility index (Phi) is 5.92. The molecule has 1 atom stereocenters. The fourth-order valence-corrected chi connectivity index (χ4v) is 4.01. The summed E-state index contributed by atoms with van der Waals surface area (Å²) in [6.45, 7) is 1.55. The van der Waals surface area contributed by atoms with E-state index >= 15 is 0 Å². The Labute approximate surface area is 186 Å². The number of ketones is 1. The molecule has 32 heavy (non-hydrogen) atoms. The number of hydrogen-bond acceptors (Lipinski definition) is 5. The number of hydrogen-bond donors (Lipinski definition) is 1. The van der Waals surface area contributed by atoms with E-state index < -0.39 is 23.6 Å². The van der Waals surface area contributed by atoms with Gasteiger partial charge in [-0.05, 0) is 35.7 Å². The topological polar surface area (TPSA) is 71.4 Å². The molecule has 3 aromatic rings. The second-order valence-electron chi connectivity index (χ2n) is 7.51. The van der Waals surface area contributed by atoms with Gasteiger partial charge in [-0.3, -0.25) is 9.59 Å². The van der Waals surface area contributed by atoms with E-state index in [1.807, 2.05) is 12.1 Å². The number of aliphatic imine (C=N–C) groups is 1. The highest BCUT2D eigenvalue weighted by atomic mass is 32.1. The second-order valence-corrected chi connectivity index (χ2v) is 8.22. The molecule has 0 bridgehead atoms. The molecule has 1 N–H and O–H groups in total. The Morgan fingerprint density at radius 2 is 2.00 bits per heavy atom. The molecule has 164 valence electrons. The second kappa shape index (κ2) is 8.66. The molecule has 0 saturated heterocycles. The van der Waals surface area contributed by atoms with Gasteiger partial charge in [0.2, 0.25) is 5.91 Å². The SMILES string of the molecule is CC(C(=O)NC1=Nc2ccc(CC(=O)c3cscn3)cc2C1)c1cccc(C(F)(F)F)c1. The average Bonchev–Trinajstić information content (AvgIpc) is 3.42. The van der Waals surface area contributed by atoms with E-state index in [0.29, 0.717) is 23.6 Å². The minimum Gasteiger partial charge on any atom is -0.313 e. The first-order valence-corrected chi connectivity index (χ1v) is 10.7. The zero-order valence-corrected chi connectivity index (χ0v) is 17.8. The summed E-state index contributed by atoms with van der Waals surface area (Å²) in [5.41, 5.74) is 3.91. The van der Waals surface area contributed by atoms with Crippen LogP contribution in [0.2, 0.25) is 0 Å². The van der Waals surface area contributed by atoms with Crippen LogP contribution >= 0.6 is 11.3 Å². The maximum Gasteiger partial charge on any atom is 0.416 e. The van der Waals surface area contributed by atoms with Crippen molar-refractivity contribution in [1.29, 1.82) is 0 Å². The van der Waals surface area contributed by atoms with E-state index in [2.05, 4.69) is 15.3 Å². The molecular weight excluding hydrogens is 439 g/mol. The Hall–Kier alpha value is -3.33. The summed E-state index contributed by atoms with van der Waals surface area (Å²) in [7, 11) is 0. The van der Waals surface area contributed by atoms with Gasteiger partial charge in [-0.2, -0.15) is 13.2 Å². The number of amides is 1. The Bertz CT molecular complexity index is 1200. The fourth-order valence-electron chi connectivity index (χ4n) is 3.45. The molecule has 2 heterocycles. The van der Waals surface area contributed by atoms with Crippen molar-refractivity contribution in [3.05, 3.63) is 81.3 Å². The Morgan fingerprint density at radius 1 is 1.19 bits per heavy atom. The number of rotatable bonds is 5. The lowest BCUT2D eigenvalue weighted by molar-refractivity contribution is -0.137. The summed E-state index contributed by atoms with van der Waals surface area (Å²) in [5.74, 6) is -0.870. The number of fused-ring (bicyclic) bond motifs is 1. The van der Waals surface area contributed by atoms with Crippen LogP contribution in [0.5, 0.6) is 0 Å². The van der Waals surface area contributed by atoms with Gasteiger partial charge >= 0.3 is 6.18 Å². The molecule has 0 fully saturated rings. The molecule has 2 aromatic carbocycles. The van der Waals surface area contributed by atoms with Crippen LogP contribution in [0.15, 0.2) is 58.3 Å². The Morgan fingerprint density at radius 3 is 2.72 bits per heavy atom. The maximum atomic E-state index is 13.0. The third-order valence-electron chi connectivity index (χ3n) is 5.21. The highest BCUT2D eigenvalue weighted by molar-refractivity contribution is 7.07. The van der Waals surface area contributed by atoms with Crippen molar-refractivity contribution in [1.82, 2.24) is 10.3 Å². The lowest BCUT2D eigenvalue weighted by Gasteiger charge is -2.14. The number of aromatic nitrogens is 1. The number of halogens is 3. The summed E-state index contributed by atoms with van der Waals surface area (Å²) >= 11 is 1.36. The number of benzene rings is 2. The van der Waals surface area contributed by atoms with Crippen LogP contribution in [-0.4, -0.2) is 22.5 Å². The number of amidine groups is 1. The predicted octanol–water partition coefficient (Wildman–Crippen LogP) is 5.09. The molecule has 0 saturated carbocycles. The first kappa shape index (κ1) is 21.9. The largest absolute Gasteiger partial charge is 0.416 e. The van der Waals surface area contributed by atoms with Crippen molar-refractivity contribution in [3.8, 4) is 0 Å². The molecule has 4 rings (SSSR count). The minimum absolute atomic E-state index is 0.0754. The zero-order chi connectivity index (χ0) is 22.9. The molecule has 0 spiro atoms. The molecular formula is C23H18F3N3O2S. The molecule has 5 nitrogen and oxygen atoms in total. The molecule has 0 aliphatic carbocycles. The smallest absolute Gasteiger partial charge is 0.313 e. The number of thiazole rings is 1. The Balaban J connectivity index is 1.41. The molecule has 9 heteroatoms. The van der Waals surface area contributed by atoms with E-state index in [-0.39, 0.29) is 17.8 Å². The van der Waals surface area contributed by atoms with Gasteiger partial charge < -0.3 is 5.32 Å². The summed E-state index contributed by atoms with van der Waals surface area (Å²) in [6, 6.07) is 10.2. The third-order valence-corrected chi connectivity index (χ3v) is 5.80. The van der Waals surface area contributed by atoms with Gasteiger partial charge in [0.1, 0.15) is 11.5 Å². The standard InChI is InChI=1S/C23H18F3N3O2S/c1-13(15-3-2-4-17(9-15)23(24,25)26)22(31)29-21-10-16-7-14(5-6-18(16)28-21)8-20(30)19-11-32-12-27-19/h2-7,9,11-13H,8,10H2,1H3,(H,28,29,31). The summed E-state index contributed by atoms with van der Waals surface area (Å²) < 4.78 is 38.9. The van der Waals surface area contributed by atoms with Gasteiger partial charge in [-0.1, -0.05) is 30.3 Å². The number of carbonyl (C=O) groups is 2. The maximum absolute atomic E-state index is 13.0. The molecule has 1 amide bonds. The first-order chi connectivity index (χ1) is 15.2. The van der Waals surface area contributed by atoms with E-state index in [1.165, 1.54) is 23.5 Å². The van der Waals surface area contributed by atoms with Crippen molar-refractivity contribution in [2.75, 3.05) is 0 Å². The highest BCUT2D eigenvalue weighted by Gasteiger charge is 2.31. The fraction of sp³-hybridized carbons (Fsp3) is 0.217. The van der Waals surface area contributed by atoms with Gasteiger partial charge in [0.05, 0.1) is 22.7 Å². The van der Waals surface area contributed by atoms with Crippen LogP contribution in [0.3, 0.4) is 0 Å². The minimum atomic E-state index is -4.47. The lowest BCUT2D eigenvalue weighted by atomic mass is 9.98. The van der Waals surface area contributed by atoms with Gasteiger partial charge in [-0.15, -0.1) is 11.3 Å². The monoisotopic (exact) mass is 457 g/mol. The van der Waals surface area contributed by atoms with E-state index in [9.17, 15) is 22.8 Å². The van der Waals surface area contributed by atoms with Crippen LogP contribution in [0.25, 0.3) is 0 Å². The predicted molar refractivity (Wildman–Crippen MR) is 115 cm³/mol. The van der Waals surface area contributed by atoms with Gasteiger partial charge in [0.25, 0.3) is 0 Å². The number of nitrogens with one attached hydrogen (secondary N) is 1. The van der Waals surface area contributed by atoms with Crippen LogP contribution < -0.4 is 5.32 Å². The summed E-state index contributed by atoms with van der Waals surface area (Å²) in [4.78, 5) is 33.3. The highest BCUT2D eigenvalue weighted by Crippen LogP contribution is 2.31. The molecule has 1 unspecified atom stereocenters. The summed E-state index contributed by atoms with van der Waals surface area (Å²) in [6.07, 6.45) is -3.89. The van der Waals surface area contributed by atoms with Crippen molar-refractivity contribution in [2.45, 2.75) is 31.9 Å². The van der Waals surface area contributed by atoms with Gasteiger partial charge in [0.15, 0.2) is 5.78 Å². The van der Waals surface area contributed by atoms with Crippen molar-refractivity contribution >= 4 is 34.6 Å². The molecule has 1 aromatic heterocycles. The number of Topliss-reactive ketones (excluding diaryl/α,β-unsaturated/α-hetero) is 1. The number of alkyl halides is 3. The average molecular weight is 457 g/mol. The number of nitrogens with zero attached hydrogens (tertiary/aromatic N) is 2. The van der Waals surface area contributed by atoms with E-state index in [0.717, 1.165) is 23.3 Å². The van der Waals surface area contributed by atoms with Gasteiger partial charge in [0, 0.05) is 18.2 Å². The van der Waals surface area contributed by atoms with Crippen molar-refractivity contribution in [3.63, 3.8) is 0 Å². The van der Waals surface area contributed by atoms with E-state index in [1.54, 1.807) is 23.9 Å². The van der Waals surface area contributed by atoms with Crippen LogP contribution in [0, 0.1) is 0 Å². The lowest BCUT2D eigenvalue weighted by Crippen LogP contribution is -2.33. The normalized spacial score (nSPS) is 13.9. The van der Waals surface area contributed by atoms with Crippen LogP contribution in [-0.2, 0) is 23.8 Å². The third kappa shape index (κ3) is 4.77. The first-order valence-electron chi connectivity index (χ1n) is 9.79. The van der Waals surface area contributed by atoms with Gasteiger partial charge in [-0.25, -0.2) is 9.98 Å². The van der Waals surface area contributed by atoms with Crippen LogP contribution in [0.1, 0.15) is 45.6 Å². The van der Waals surface area contributed by atoms with Crippen molar-refractivity contribution in [2.24, 2.45) is 4.99 Å². The zero-order valence-electron chi connectivity index (χ0n) is 16.9. The molecule has 1 aliphatic rings. The van der Waals surface area contributed by atoms with Crippen molar-refractivity contribution < 1.29 is 22.8 Å². The molecule has 1 aliphatic heterocycles. The van der Waals surface area contributed by atoms with Crippen LogP contribution in [0.4, 0.5) is 18.9 Å². The summed E-state index contributed by atoms with van der Waals surface area (Å²) in [5, 5.41) is 4.43. The van der Waals surface area contributed by atoms with E-state index in [4.69, 9.17) is 0 Å². The number of carbonyl (C=O) groups excluding carboxylic acids is 2. The molecule has 0 radical (unpaired) electrons.